The predicted octanol–water partition coefficient (Wildman–Crippen LogP) is 4.35. The van der Waals surface area contributed by atoms with Crippen LogP contribution in [0, 0.1) is 0 Å². The fraction of sp³-hybridized carbons (Fsp3) is 0.158. The molecule has 1 fully saturated rings. The Labute approximate surface area is 152 Å². The standard InChI is InChI=1S/C19H18N2OS2/c1-3-12-21-18(22)17(24-19(21)23)10-9-14-11-13-20(4-2)16-8-6-5-7-15(14)16/h3,5-11,13H,1,4,12H2,2H3/b14-9?,17-10-. The minimum Gasteiger partial charge on any atom is -0.348 e. The Morgan fingerprint density at radius 2 is 2.08 bits per heavy atom. The van der Waals surface area contributed by atoms with Crippen LogP contribution in [0.15, 0.2) is 66.3 Å². The lowest BCUT2D eigenvalue weighted by atomic mass is 9.99. The van der Waals surface area contributed by atoms with Crippen molar-refractivity contribution < 1.29 is 4.79 Å². The first-order valence-electron chi connectivity index (χ1n) is 7.76. The molecule has 0 N–H and O–H groups in total. The minimum atomic E-state index is -0.0509. The Balaban J connectivity index is 1.91. The van der Waals surface area contributed by atoms with Crippen LogP contribution in [0.1, 0.15) is 12.5 Å². The first-order chi connectivity index (χ1) is 11.7. The zero-order valence-electron chi connectivity index (χ0n) is 13.4. The average molecular weight is 355 g/mol. The molecule has 2 aliphatic heterocycles. The number of allylic oxidation sites excluding steroid dienone is 4. The van der Waals surface area contributed by atoms with Crippen LogP contribution in [0.2, 0.25) is 0 Å². The summed E-state index contributed by atoms with van der Waals surface area (Å²) in [5.74, 6) is -0.0509. The highest BCUT2D eigenvalue weighted by Gasteiger charge is 2.30. The van der Waals surface area contributed by atoms with Crippen LogP contribution >= 0.6 is 24.0 Å². The highest BCUT2D eigenvalue weighted by atomic mass is 32.2. The molecule has 24 heavy (non-hydrogen) atoms. The molecule has 0 radical (unpaired) electrons. The average Bonchev–Trinajstić information content (AvgIpc) is 2.87. The summed E-state index contributed by atoms with van der Waals surface area (Å²) >= 11 is 6.60. The van der Waals surface area contributed by atoms with Crippen molar-refractivity contribution in [1.82, 2.24) is 4.90 Å². The van der Waals surface area contributed by atoms with Gasteiger partial charge in [0.1, 0.15) is 4.32 Å². The van der Waals surface area contributed by atoms with Crippen LogP contribution in [-0.4, -0.2) is 28.2 Å². The van der Waals surface area contributed by atoms with E-state index in [2.05, 4.69) is 42.8 Å². The van der Waals surface area contributed by atoms with Crippen LogP contribution < -0.4 is 4.90 Å². The molecule has 1 saturated heterocycles. The molecular formula is C19H18N2OS2. The third-order valence-electron chi connectivity index (χ3n) is 3.90. The summed E-state index contributed by atoms with van der Waals surface area (Å²) in [5.41, 5.74) is 3.44. The Morgan fingerprint density at radius 1 is 1.29 bits per heavy atom. The third kappa shape index (κ3) is 3.09. The van der Waals surface area contributed by atoms with Crippen molar-refractivity contribution in [1.29, 1.82) is 0 Å². The Bertz CT molecular complexity index is 792. The van der Waals surface area contributed by atoms with Gasteiger partial charge in [-0.2, -0.15) is 0 Å². The summed E-state index contributed by atoms with van der Waals surface area (Å²) in [7, 11) is 0. The first-order valence-corrected chi connectivity index (χ1v) is 8.99. The number of para-hydroxylation sites is 1. The van der Waals surface area contributed by atoms with Gasteiger partial charge in [-0.15, -0.1) is 6.58 Å². The monoisotopic (exact) mass is 354 g/mol. The number of carbonyl (C=O) groups excluding carboxylic acids is 1. The van der Waals surface area contributed by atoms with Crippen molar-refractivity contribution in [2.75, 3.05) is 18.0 Å². The zero-order chi connectivity index (χ0) is 17.1. The van der Waals surface area contributed by atoms with Crippen LogP contribution in [0.4, 0.5) is 5.69 Å². The van der Waals surface area contributed by atoms with Crippen molar-refractivity contribution in [3.63, 3.8) is 0 Å². The van der Waals surface area contributed by atoms with Crippen molar-refractivity contribution in [2.24, 2.45) is 0 Å². The molecule has 1 aromatic rings. The number of amides is 1. The number of benzene rings is 1. The quantitative estimate of drug-likeness (QED) is 0.455. The maximum absolute atomic E-state index is 12.4. The molecule has 2 heterocycles. The molecular weight excluding hydrogens is 336 g/mol. The second kappa shape index (κ2) is 7.20. The van der Waals surface area contributed by atoms with Gasteiger partial charge in [0, 0.05) is 30.5 Å². The van der Waals surface area contributed by atoms with E-state index in [1.54, 1.807) is 11.0 Å². The lowest BCUT2D eigenvalue weighted by Gasteiger charge is -2.26. The maximum atomic E-state index is 12.4. The molecule has 0 unspecified atom stereocenters. The van der Waals surface area contributed by atoms with E-state index in [-0.39, 0.29) is 5.91 Å². The van der Waals surface area contributed by atoms with Crippen LogP contribution in [0.25, 0.3) is 5.57 Å². The summed E-state index contributed by atoms with van der Waals surface area (Å²) < 4.78 is 0.585. The third-order valence-corrected chi connectivity index (χ3v) is 5.29. The van der Waals surface area contributed by atoms with Crippen molar-refractivity contribution in [3.8, 4) is 0 Å². The van der Waals surface area contributed by atoms with Gasteiger partial charge in [0.05, 0.1) is 4.91 Å². The highest BCUT2D eigenvalue weighted by Crippen LogP contribution is 2.34. The van der Waals surface area contributed by atoms with Crippen LogP contribution in [-0.2, 0) is 4.79 Å². The van der Waals surface area contributed by atoms with E-state index in [4.69, 9.17) is 12.2 Å². The number of anilines is 1. The van der Waals surface area contributed by atoms with Crippen molar-refractivity contribution in [2.45, 2.75) is 6.92 Å². The number of nitrogens with zero attached hydrogens (tertiary/aromatic N) is 2. The maximum Gasteiger partial charge on any atom is 0.266 e. The Morgan fingerprint density at radius 3 is 2.83 bits per heavy atom. The zero-order valence-corrected chi connectivity index (χ0v) is 15.1. The van der Waals surface area contributed by atoms with Crippen molar-refractivity contribution >= 4 is 45.5 Å². The van der Waals surface area contributed by atoms with Gasteiger partial charge in [0.15, 0.2) is 0 Å². The molecule has 1 aromatic carbocycles. The molecule has 5 heteroatoms. The molecule has 0 spiro atoms. The SMILES string of the molecule is C=CCN1C(=O)/C(=C/C=C2C=CN(CC)c3ccccc32)SC1=S. The van der Waals surface area contributed by atoms with E-state index in [1.165, 1.54) is 23.0 Å². The minimum absolute atomic E-state index is 0.0509. The number of hydrogen-bond donors (Lipinski definition) is 0. The van der Waals surface area contributed by atoms with Gasteiger partial charge in [0.25, 0.3) is 5.91 Å². The first kappa shape index (κ1) is 16.7. The predicted molar refractivity (Wildman–Crippen MR) is 107 cm³/mol. The Hall–Kier alpha value is -2.11. The van der Waals surface area contributed by atoms with Gasteiger partial charge in [-0.05, 0) is 30.7 Å². The van der Waals surface area contributed by atoms with E-state index >= 15 is 0 Å². The van der Waals surface area contributed by atoms with E-state index in [1.807, 2.05) is 24.3 Å². The fourth-order valence-electron chi connectivity index (χ4n) is 2.70. The molecule has 0 saturated carbocycles. The molecule has 0 atom stereocenters. The number of fused-ring (bicyclic) bond motifs is 1. The Kier molecular flexibility index (Phi) is 5.02. The summed E-state index contributed by atoms with van der Waals surface area (Å²) in [6.07, 6.45) is 9.69. The van der Waals surface area contributed by atoms with Crippen LogP contribution in [0.3, 0.4) is 0 Å². The molecule has 0 aliphatic carbocycles. The summed E-state index contributed by atoms with van der Waals surface area (Å²) in [6.45, 7) is 7.16. The van der Waals surface area contributed by atoms with E-state index in [0.717, 1.165) is 12.1 Å². The highest BCUT2D eigenvalue weighted by molar-refractivity contribution is 8.26. The largest absolute Gasteiger partial charge is 0.348 e. The number of thioether (sulfide) groups is 1. The lowest BCUT2D eigenvalue weighted by molar-refractivity contribution is -0.121. The van der Waals surface area contributed by atoms with Gasteiger partial charge < -0.3 is 4.90 Å². The summed E-state index contributed by atoms with van der Waals surface area (Å²) in [6, 6.07) is 8.28. The summed E-state index contributed by atoms with van der Waals surface area (Å²) in [5, 5.41) is 0. The molecule has 3 nitrogen and oxygen atoms in total. The normalized spacial score (nSPS) is 20.2. The van der Waals surface area contributed by atoms with Crippen LogP contribution in [0.5, 0.6) is 0 Å². The molecule has 0 bridgehead atoms. The molecule has 122 valence electrons. The molecule has 0 aromatic heterocycles. The van der Waals surface area contributed by atoms with E-state index < -0.39 is 0 Å². The van der Waals surface area contributed by atoms with Crippen molar-refractivity contribution in [3.05, 3.63) is 71.8 Å². The molecule has 1 amide bonds. The second-order valence-corrected chi connectivity index (χ2v) is 7.02. The smallest absolute Gasteiger partial charge is 0.266 e. The topological polar surface area (TPSA) is 23.6 Å². The number of carbonyl (C=O) groups is 1. The fourth-order valence-corrected chi connectivity index (χ4v) is 3.91. The van der Waals surface area contributed by atoms with Gasteiger partial charge in [-0.1, -0.05) is 54.3 Å². The van der Waals surface area contributed by atoms with Gasteiger partial charge >= 0.3 is 0 Å². The number of thiocarbonyl (C=S) groups is 1. The summed E-state index contributed by atoms with van der Waals surface area (Å²) in [4.78, 5) is 16.8. The lowest BCUT2D eigenvalue weighted by Crippen LogP contribution is -2.27. The van der Waals surface area contributed by atoms with Gasteiger partial charge in [-0.25, -0.2) is 0 Å². The van der Waals surface area contributed by atoms with Gasteiger partial charge in [0.2, 0.25) is 0 Å². The van der Waals surface area contributed by atoms with Gasteiger partial charge in [-0.3, -0.25) is 9.69 Å². The molecule has 2 aliphatic rings. The van der Waals surface area contributed by atoms with E-state index in [9.17, 15) is 4.79 Å². The second-order valence-electron chi connectivity index (χ2n) is 5.34. The number of rotatable bonds is 4. The number of hydrogen-bond acceptors (Lipinski definition) is 4. The van der Waals surface area contributed by atoms with E-state index in [0.29, 0.717) is 15.8 Å². The molecule has 3 rings (SSSR count).